The summed E-state index contributed by atoms with van der Waals surface area (Å²) in [5.41, 5.74) is 2.38. The SMILES string of the molecule is CC(C)c1cccc(C(=O)Cl)c1COc1ccn(C)n1. The number of aryl methyl sites for hydroxylation is 1. The zero-order valence-electron chi connectivity index (χ0n) is 11.8. The highest BCUT2D eigenvalue weighted by Gasteiger charge is 2.16. The third-order valence-corrected chi connectivity index (χ3v) is 3.30. The van der Waals surface area contributed by atoms with Crippen LogP contribution in [0.15, 0.2) is 30.5 Å². The van der Waals surface area contributed by atoms with E-state index in [1.807, 2.05) is 19.2 Å². The first-order valence-corrected chi connectivity index (χ1v) is 6.81. The summed E-state index contributed by atoms with van der Waals surface area (Å²) in [6.07, 6.45) is 1.80. The molecule has 0 aliphatic heterocycles. The van der Waals surface area contributed by atoms with Gasteiger partial charge in [0.25, 0.3) is 5.24 Å². The molecule has 0 saturated carbocycles. The summed E-state index contributed by atoms with van der Waals surface area (Å²) in [5, 5.41) is 3.69. The summed E-state index contributed by atoms with van der Waals surface area (Å²) in [6, 6.07) is 7.33. The van der Waals surface area contributed by atoms with Crippen molar-refractivity contribution in [3.63, 3.8) is 0 Å². The highest BCUT2D eigenvalue weighted by atomic mass is 35.5. The average Bonchev–Trinajstić information content (AvgIpc) is 2.81. The summed E-state index contributed by atoms with van der Waals surface area (Å²) in [7, 11) is 1.82. The number of hydrogen-bond acceptors (Lipinski definition) is 3. The van der Waals surface area contributed by atoms with E-state index < -0.39 is 5.24 Å². The number of nitrogens with zero attached hydrogens (tertiary/aromatic N) is 2. The molecule has 0 N–H and O–H groups in total. The molecule has 0 fully saturated rings. The maximum Gasteiger partial charge on any atom is 0.252 e. The number of carbonyl (C=O) groups excluding carboxylic acids is 1. The van der Waals surface area contributed by atoms with Crippen molar-refractivity contribution < 1.29 is 9.53 Å². The van der Waals surface area contributed by atoms with Gasteiger partial charge in [0.05, 0.1) is 0 Å². The van der Waals surface area contributed by atoms with Gasteiger partial charge in [0.2, 0.25) is 5.88 Å². The minimum Gasteiger partial charge on any atom is -0.472 e. The fourth-order valence-corrected chi connectivity index (χ4v) is 2.28. The molecular weight excluding hydrogens is 276 g/mol. The maximum atomic E-state index is 11.5. The van der Waals surface area contributed by atoms with Crippen LogP contribution in [0.4, 0.5) is 0 Å². The van der Waals surface area contributed by atoms with E-state index in [4.69, 9.17) is 16.3 Å². The highest BCUT2D eigenvalue weighted by Crippen LogP contribution is 2.25. The fourth-order valence-electron chi connectivity index (χ4n) is 2.11. The third-order valence-electron chi connectivity index (χ3n) is 3.10. The number of halogens is 1. The minimum atomic E-state index is -0.466. The molecule has 0 aliphatic carbocycles. The summed E-state index contributed by atoms with van der Waals surface area (Å²) >= 11 is 5.66. The van der Waals surface area contributed by atoms with Crippen molar-refractivity contribution in [1.82, 2.24) is 9.78 Å². The molecule has 2 rings (SSSR count). The number of aromatic nitrogens is 2. The van der Waals surface area contributed by atoms with Crippen LogP contribution in [0.5, 0.6) is 5.88 Å². The van der Waals surface area contributed by atoms with Gasteiger partial charge in [-0.25, -0.2) is 0 Å². The van der Waals surface area contributed by atoms with Crippen LogP contribution in [0, 0.1) is 0 Å². The highest BCUT2D eigenvalue weighted by molar-refractivity contribution is 6.67. The van der Waals surface area contributed by atoms with E-state index in [0.29, 0.717) is 11.4 Å². The Morgan fingerprint density at radius 1 is 1.40 bits per heavy atom. The van der Waals surface area contributed by atoms with Gasteiger partial charge >= 0.3 is 0 Å². The van der Waals surface area contributed by atoms with Gasteiger partial charge < -0.3 is 4.74 Å². The van der Waals surface area contributed by atoms with E-state index in [1.54, 1.807) is 23.0 Å². The van der Waals surface area contributed by atoms with E-state index in [0.717, 1.165) is 11.1 Å². The molecule has 1 heterocycles. The second-order valence-electron chi connectivity index (χ2n) is 4.92. The van der Waals surface area contributed by atoms with E-state index in [-0.39, 0.29) is 12.5 Å². The Morgan fingerprint density at radius 2 is 2.15 bits per heavy atom. The summed E-state index contributed by atoms with van der Waals surface area (Å²) in [4.78, 5) is 11.5. The van der Waals surface area contributed by atoms with Crippen LogP contribution in [-0.2, 0) is 13.7 Å². The molecule has 0 radical (unpaired) electrons. The zero-order valence-corrected chi connectivity index (χ0v) is 12.5. The Labute approximate surface area is 123 Å². The maximum absolute atomic E-state index is 11.5. The first-order chi connectivity index (χ1) is 9.49. The van der Waals surface area contributed by atoms with Crippen LogP contribution in [0.1, 0.15) is 41.3 Å². The summed E-state index contributed by atoms with van der Waals surface area (Å²) in [6.45, 7) is 4.42. The second-order valence-corrected chi connectivity index (χ2v) is 5.26. The van der Waals surface area contributed by atoms with Crippen LogP contribution in [0.2, 0.25) is 0 Å². The number of hydrogen-bond donors (Lipinski definition) is 0. The third kappa shape index (κ3) is 3.20. The van der Waals surface area contributed by atoms with E-state index in [2.05, 4.69) is 18.9 Å². The fraction of sp³-hybridized carbons (Fsp3) is 0.333. The molecule has 0 unspecified atom stereocenters. The van der Waals surface area contributed by atoms with Crippen molar-refractivity contribution in [3.8, 4) is 5.88 Å². The average molecular weight is 293 g/mol. The Bertz CT molecular complexity index is 620. The number of carbonyl (C=O) groups is 1. The summed E-state index contributed by atoms with van der Waals surface area (Å²) < 4.78 is 7.32. The Balaban J connectivity index is 2.30. The van der Waals surface area contributed by atoms with Gasteiger partial charge in [-0.1, -0.05) is 26.0 Å². The predicted molar refractivity (Wildman–Crippen MR) is 78.3 cm³/mol. The van der Waals surface area contributed by atoms with Crippen molar-refractivity contribution in [2.75, 3.05) is 0 Å². The predicted octanol–water partition coefficient (Wildman–Crippen LogP) is 3.50. The number of benzene rings is 1. The Kier molecular flexibility index (Phi) is 4.45. The van der Waals surface area contributed by atoms with Gasteiger partial charge in [-0.05, 0) is 29.1 Å². The minimum absolute atomic E-state index is 0.277. The lowest BCUT2D eigenvalue weighted by Crippen LogP contribution is -2.08. The largest absolute Gasteiger partial charge is 0.472 e. The molecule has 1 aromatic carbocycles. The molecule has 106 valence electrons. The topological polar surface area (TPSA) is 44.1 Å². The first kappa shape index (κ1) is 14.6. The quantitative estimate of drug-likeness (QED) is 0.792. The lowest BCUT2D eigenvalue weighted by Gasteiger charge is -2.15. The van der Waals surface area contributed by atoms with Gasteiger partial charge in [-0.3, -0.25) is 9.48 Å². The van der Waals surface area contributed by atoms with Gasteiger partial charge in [0, 0.05) is 30.4 Å². The van der Waals surface area contributed by atoms with E-state index >= 15 is 0 Å². The lowest BCUT2D eigenvalue weighted by molar-refractivity contribution is 0.107. The first-order valence-electron chi connectivity index (χ1n) is 6.43. The standard InChI is InChI=1S/C15H17ClN2O2/c1-10(2)11-5-4-6-12(15(16)19)13(11)9-20-14-7-8-18(3)17-14/h4-8,10H,9H2,1-3H3. The molecule has 5 heteroatoms. The zero-order chi connectivity index (χ0) is 14.7. The van der Waals surface area contributed by atoms with Crippen molar-refractivity contribution >= 4 is 16.8 Å². The van der Waals surface area contributed by atoms with Gasteiger partial charge in [-0.2, -0.15) is 0 Å². The molecule has 1 aromatic heterocycles. The van der Waals surface area contributed by atoms with Crippen molar-refractivity contribution in [2.24, 2.45) is 7.05 Å². The molecule has 0 amide bonds. The van der Waals surface area contributed by atoms with Crippen molar-refractivity contribution in [1.29, 1.82) is 0 Å². The molecule has 20 heavy (non-hydrogen) atoms. The van der Waals surface area contributed by atoms with E-state index in [1.165, 1.54) is 0 Å². The van der Waals surface area contributed by atoms with Gasteiger partial charge in [0.1, 0.15) is 6.61 Å². The van der Waals surface area contributed by atoms with Crippen LogP contribution in [0.3, 0.4) is 0 Å². The number of ether oxygens (including phenoxy) is 1. The van der Waals surface area contributed by atoms with E-state index in [9.17, 15) is 4.79 Å². The Hall–Kier alpha value is -1.81. The van der Waals surface area contributed by atoms with Gasteiger partial charge in [0.15, 0.2) is 0 Å². The Morgan fingerprint density at radius 3 is 2.70 bits per heavy atom. The van der Waals surface area contributed by atoms with Crippen LogP contribution in [-0.4, -0.2) is 15.0 Å². The monoisotopic (exact) mass is 292 g/mol. The van der Waals surface area contributed by atoms with Crippen LogP contribution < -0.4 is 4.74 Å². The lowest BCUT2D eigenvalue weighted by atomic mass is 9.94. The normalized spacial score (nSPS) is 10.8. The van der Waals surface area contributed by atoms with Crippen molar-refractivity contribution in [2.45, 2.75) is 26.4 Å². The molecule has 4 nitrogen and oxygen atoms in total. The van der Waals surface area contributed by atoms with Crippen LogP contribution in [0.25, 0.3) is 0 Å². The number of rotatable bonds is 5. The second kappa shape index (κ2) is 6.09. The molecule has 0 saturated heterocycles. The smallest absolute Gasteiger partial charge is 0.252 e. The van der Waals surface area contributed by atoms with Crippen LogP contribution >= 0.6 is 11.6 Å². The summed E-state index contributed by atoms with van der Waals surface area (Å²) in [5.74, 6) is 0.812. The van der Waals surface area contributed by atoms with Gasteiger partial charge in [-0.15, -0.1) is 5.10 Å². The molecule has 2 aromatic rings. The molecule has 0 atom stereocenters. The van der Waals surface area contributed by atoms with Crippen molar-refractivity contribution in [3.05, 3.63) is 47.2 Å². The molecule has 0 bridgehead atoms. The molecule has 0 aliphatic rings. The molecule has 0 spiro atoms. The molecular formula is C15H17ClN2O2.